The summed E-state index contributed by atoms with van der Waals surface area (Å²) in [4.78, 5) is 11.8. The lowest BCUT2D eigenvalue weighted by Gasteiger charge is -2.10. The number of carbonyl (C=O) groups is 1. The van der Waals surface area contributed by atoms with Crippen molar-refractivity contribution in [3.63, 3.8) is 0 Å². The van der Waals surface area contributed by atoms with E-state index >= 15 is 0 Å². The van der Waals surface area contributed by atoms with Crippen LogP contribution in [-0.2, 0) is 4.79 Å². The maximum absolute atomic E-state index is 11.8. The van der Waals surface area contributed by atoms with Crippen LogP contribution in [0.2, 0.25) is 0 Å². The van der Waals surface area contributed by atoms with Gasteiger partial charge in [-0.3, -0.25) is 4.79 Å². The molecule has 1 saturated carbocycles. The fraction of sp³-hybridized carbons (Fsp3) is 0.357. The molecule has 1 aromatic rings. The average molecular weight is 231 g/mol. The number of carbonyl (C=O) groups excluding carboxylic acids is 1. The number of hydrogen-bond acceptors (Lipinski definition) is 2. The number of anilines is 1. The van der Waals surface area contributed by atoms with Gasteiger partial charge in [0.15, 0.2) is 0 Å². The first kappa shape index (κ1) is 11.7. The molecule has 0 spiro atoms. The summed E-state index contributed by atoms with van der Waals surface area (Å²) in [7, 11) is 0. The lowest BCUT2D eigenvalue weighted by Crippen LogP contribution is -2.21. The third-order valence-corrected chi connectivity index (χ3v) is 3.03. The molecule has 3 nitrogen and oxygen atoms in total. The van der Waals surface area contributed by atoms with Crippen LogP contribution in [0.5, 0.6) is 5.75 Å². The van der Waals surface area contributed by atoms with Gasteiger partial charge in [-0.2, -0.15) is 0 Å². The van der Waals surface area contributed by atoms with Crippen LogP contribution in [0.15, 0.2) is 36.9 Å². The van der Waals surface area contributed by atoms with Crippen molar-refractivity contribution in [1.82, 2.24) is 0 Å². The van der Waals surface area contributed by atoms with Crippen molar-refractivity contribution in [2.75, 3.05) is 11.9 Å². The fourth-order valence-electron chi connectivity index (χ4n) is 1.49. The molecule has 1 aliphatic rings. The molecule has 3 heteroatoms. The maximum atomic E-state index is 11.8. The van der Waals surface area contributed by atoms with Crippen LogP contribution in [0.3, 0.4) is 0 Å². The summed E-state index contributed by atoms with van der Waals surface area (Å²) < 4.78 is 5.36. The topological polar surface area (TPSA) is 38.3 Å². The average Bonchev–Trinajstić information content (AvgIpc) is 3.08. The van der Waals surface area contributed by atoms with Crippen LogP contribution < -0.4 is 10.1 Å². The second-order valence-electron chi connectivity index (χ2n) is 4.64. The summed E-state index contributed by atoms with van der Waals surface area (Å²) in [5, 5.41) is 2.91. The minimum absolute atomic E-state index is 0.109. The summed E-state index contributed by atoms with van der Waals surface area (Å²) in [5.74, 6) is 0.887. The fourth-order valence-corrected chi connectivity index (χ4v) is 1.49. The van der Waals surface area contributed by atoms with Gasteiger partial charge in [0.1, 0.15) is 12.4 Å². The number of amides is 1. The summed E-state index contributed by atoms with van der Waals surface area (Å²) in [6, 6.07) is 7.38. The van der Waals surface area contributed by atoms with E-state index < -0.39 is 0 Å². The minimum Gasteiger partial charge on any atom is -0.490 e. The van der Waals surface area contributed by atoms with Crippen molar-refractivity contribution < 1.29 is 9.53 Å². The lowest BCUT2D eigenvalue weighted by atomic mass is 10.1. The van der Waals surface area contributed by atoms with Crippen molar-refractivity contribution in [3.8, 4) is 5.75 Å². The lowest BCUT2D eigenvalue weighted by molar-refractivity contribution is -0.120. The van der Waals surface area contributed by atoms with Crippen molar-refractivity contribution in [2.45, 2.75) is 19.8 Å². The molecule has 2 rings (SSSR count). The third-order valence-electron chi connectivity index (χ3n) is 3.03. The van der Waals surface area contributed by atoms with Gasteiger partial charge in [-0.05, 0) is 37.1 Å². The molecule has 0 bridgehead atoms. The second kappa shape index (κ2) is 4.62. The zero-order chi connectivity index (χ0) is 12.3. The molecule has 90 valence electrons. The minimum atomic E-state index is -0.141. The van der Waals surface area contributed by atoms with Gasteiger partial charge in [-0.15, -0.1) is 0 Å². The Bertz CT molecular complexity index is 418. The van der Waals surface area contributed by atoms with Gasteiger partial charge in [0, 0.05) is 11.1 Å². The van der Waals surface area contributed by atoms with Gasteiger partial charge in [-0.1, -0.05) is 19.6 Å². The summed E-state index contributed by atoms with van der Waals surface area (Å²) in [6.45, 7) is 6.06. The predicted octanol–water partition coefficient (Wildman–Crippen LogP) is 2.99. The highest BCUT2D eigenvalue weighted by atomic mass is 16.5. The number of nitrogens with one attached hydrogen (secondary N) is 1. The van der Waals surface area contributed by atoms with E-state index in [9.17, 15) is 4.79 Å². The molecule has 0 radical (unpaired) electrons. The Balaban J connectivity index is 1.93. The van der Waals surface area contributed by atoms with Crippen LogP contribution in [0, 0.1) is 5.41 Å². The molecule has 1 amide bonds. The monoisotopic (exact) mass is 231 g/mol. The Morgan fingerprint density at radius 2 is 2.12 bits per heavy atom. The van der Waals surface area contributed by atoms with E-state index in [-0.39, 0.29) is 11.3 Å². The van der Waals surface area contributed by atoms with E-state index in [0.717, 1.165) is 24.3 Å². The summed E-state index contributed by atoms with van der Waals surface area (Å²) in [5.41, 5.74) is 0.673. The van der Waals surface area contributed by atoms with E-state index in [2.05, 4.69) is 11.9 Å². The third kappa shape index (κ3) is 2.87. The molecule has 1 fully saturated rings. The van der Waals surface area contributed by atoms with Gasteiger partial charge in [0.2, 0.25) is 5.91 Å². The Hall–Kier alpha value is -1.77. The largest absolute Gasteiger partial charge is 0.490 e. The van der Waals surface area contributed by atoms with Crippen LogP contribution in [0.1, 0.15) is 19.8 Å². The first-order valence-corrected chi connectivity index (χ1v) is 5.79. The van der Waals surface area contributed by atoms with Crippen molar-refractivity contribution in [1.29, 1.82) is 0 Å². The van der Waals surface area contributed by atoms with E-state index in [4.69, 9.17) is 4.74 Å². The quantitative estimate of drug-likeness (QED) is 0.791. The molecule has 0 aliphatic heterocycles. The molecule has 17 heavy (non-hydrogen) atoms. The first-order chi connectivity index (χ1) is 8.14. The van der Waals surface area contributed by atoms with Gasteiger partial charge in [0.05, 0.1) is 0 Å². The zero-order valence-corrected chi connectivity index (χ0v) is 10.0. The highest BCUT2D eigenvalue weighted by Gasteiger charge is 2.44. The molecule has 1 aliphatic carbocycles. The van der Waals surface area contributed by atoms with E-state index in [1.165, 1.54) is 0 Å². The number of ether oxygens (including phenoxy) is 1. The van der Waals surface area contributed by atoms with Crippen LogP contribution in [0.4, 0.5) is 5.69 Å². The molecule has 0 unspecified atom stereocenters. The molecule has 0 atom stereocenters. The maximum Gasteiger partial charge on any atom is 0.230 e. The zero-order valence-electron chi connectivity index (χ0n) is 10.0. The molecular formula is C14H17NO2. The Labute approximate surface area is 101 Å². The van der Waals surface area contributed by atoms with Crippen LogP contribution in [-0.4, -0.2) is 12.5 Å². The molecular weight excluding hydrogens is 214 g/mol. The molecule has 1 N–H and O–H groups in total. The molecule has 0 saturated heterocycles. The number of rotatable bonds is 5. The number of benzene rings is 1. The molecule has 0 aromatic heterocycles. The van der Waals surface area contributed by atoms with Crippen LogP contribution >= 0.6 is 0 Å². The normalized spacial score (nSPS) is 16.1. The van der Waals surface area contributed by atoms with Gasteiger partial charge < -0.3 is 10.1 Å². The van der Waals surface area contributed by atoms with E-state index in [0.29, 0.717) is 6.61 Å². The predicted molar refractivity (Wildman–Crippen MR) is 68.1 cm³/mol. The standard InChI is InChI=1S/C14H17NO2/c1-3-10-17-12-6-4-11(5-7-12)15-13(16)14(2)8-9-14/h3-7H,1,8-10H2,2H3,(H,15,16). The Morgan fingerprint density at radius 1 is 1.47 bits per heavy atom. The van der Waals surface area contributed by atoms with Crippen molar-refractivity contribution in [2.24, 2.45) is 5.41 Å². The highest BCUT2D eigenvalue weighted by Crippen LogP contribution is 2.45. The van der Waals surface area contributed by atoms with Crippen molar-refractivity contribution in [3.05, 3.63) is 36.9 Å². The van der Waals surface area contributed by atoms with Gasteiger partial charge in [-0.25, -0.2) is 0 Å². The van der Waals surface area contributed by atoms with E-state index in [1.807, 2.05) is 31.2 Å². The Kier molecular flexibility index (Phi) is 3.18. The summed E-state index contributed by atoms with van der Waals surface area (Å²) >= 11 is 0. The Morgan fingerprint density at radius 3 is 2.65 bits per heavy atom. The number of hydrogen-bond donors (Lipinski definition) is 1. The summed E-state index contributed by atoms with van der Waals surface area (Å²) in [6.07, 6.45) is 3.67. The molecule has 1 aromatic carbocycles. The smallest absolute Gasteiger partial charge is 0.230 e. The SMILES string of the molecule is C=CCOc1ccc(NC(=O)C2(C)CC2)cc1. The van der Waals surface area contributed by atoms with Gasteiger partial charge >= 0.3 is 0 Å². The second-order valence-corrected chi connectivity index (χ2v) is 4.64. The highest BCUT2D eigenvalue weighted by molar-refractivity contribution is 5.96. The first-order valence-electron chi connectivity index (χ1n) is 5.79. The van der Waals surface area contributed by atoms with Crippen LogP contribution in [0.25, 0.3) is 0 Å². The molecule has 0 heterocycles. The van der Waals surface area contributed by atoms with Gasteiger partial charge in [0.25, 0.3) is 0 Å². The van der Waals surface area contributed by atoms with Crippen molar-refractivity contribution >= 4 is 11.6 Å². The van der Waals surface area contributed by atoms with E-state index in [1.54, 1.807) is 6.08 Å².